The lowest BCUT2D eigenvalue weighted by molar-refractivity contribution is 0.349. The number of methoxy groups -OCH3 is 2. The quantitative estimate of drug-likeness (QED) is 0.908. The fraction of sp³-hybridized carbons (Fsp3) is 0.368. The minimum atomic E-state index is 0.417. The van der Waals surface area contributed by atoms with E-state index in [0.29, 0.717) is 6.04 Å². The minimum Gasteiger partial charge on any atom is -0.493 e. The fourth-order valence-electron chi connectivity index (χ4n) is 3.29. The second-order valence-electron chi connectivity index (χ2n) is 5.68. The van der Waals surface area contributed by atoms with Crippen LogP contribution in [0.5, 0.6) is 11.5 Å². The van der Waals surface area contributed by atoms with E-state index in [4.69, 9.17) is 9.47 Å². The monoisotopic (exact) mass is 297 g/mol. The topological polar surface area (TPSA) is 30.5 Å². The van der Waals surface area contributed by atoms with Gasteiger partial charge in [-0.25, -0.2) is 0 Å². The van der Waals surface area contributed by atoms with Crippen LogP contribution in [0.25, 0.3) is 0 Å². The number of fused-ring (bicyclic) bond motifs is 1. The third-order valence-corrected chi connectivity index (χ3v) is 4.39. The van der Waals surface area contributed by atoms with Gasteiger partial charge in [0.2, 0.25) is 0 Å². The smallest absolute Gasteiger partial charge is 0.165 e. The standard InChI is InChI=1S/C19H23NO2/c1-21-18-12-6-9-15(19(18)22-2)13-20-17-11-5-8-14-7-3-4-10-16(14)17/h3-4,6-7,9-10,12,17,20H,5,8,11,13H2,1-2H3/t17-/m1/s1. The molecular weight excluding hydrogens is 274 g/mol. The second kappa shape index (κ2) is 6.84. The molecule has 2 aromatic rings. The summed E-state index contributed by atoms with van der Waals surface area (Å²) in [6, 6.07) is 15.2. The number of rotatable bonds is 5. The first-order chi connectivity index (χ1) is 10.8. The van der Waals surface area contributed by atoms with E-state index in [-0.39, 0.29) is 0 Å². The van der Waals surface area contributed by atoms with Crippen molar-refractivity contribution in [2.24, 2.45) is 0 Å². The highest BCUT2D eigenvalue weighted by Crippen LogP contribution is 2.33. The third-order valence-electron chi connectivity index (χ3n) is 4.39. The summed E-state index contributed by atoms with van der Waals surface area (Å²) in [6.07, 6.45) is 3.62. The zero-order chi connectivity index (χ0) is 15.4. The minimum absolute atomic E-state index is 0.417. The second-order valence-corrected chi connectivity index (χ2v) is 5.68. The predicted molar refractivity (Wildman–Crippen MR) is 88.5 cm³/mol. The van der Waals surface area contributed by atoms with E-state index in [1.165, 1.54) is 30.4 Å². The Balaban J connectivity index is 1.77. The van der Waals surface area contributed by atoms with E-state index in [1.54, 1.807) is 14.2 Å². The number of ether oxygens (including phenoxy) is 2. The van der Waals surface area contributed by atoms with Crippen molar-refractivity contribution in [3.8, 4) is 11.5 Å². The number of hydrogen-bond acceptors (Lipinski definition) is 3. The highest BCUT2D eigenvalue weighted by Gasteiger charge is 2.19. The summed E-state index contributed by atoms with van der Waals surface area (Å²) < 4.78 is 10.9. The number of benzene rings is 2. The van der Waals surface area contributed by atoms with Gasteiger partial charge < -0.3 is 14.8 Å². The van der Waals surface area contributed by atoms with Crippen molar-refractivity contribution in [1.29, 1.82) is 0 Å². The lowest BCUT2D eigenvalue weighted by Crippen LogP contribution is -2.25. The van der Waals surface area contributed by atoms with Gasteiger partial charge in [-0.1, -0.05) is 36.4 Å². The average molecular weight is 297 g/mol. The lowest BCUT2D eigenvalue weighted by atomic mass is 9.87. The van der Waals surface area contributed by atoms with Gasteiger partial charge in [0.1, 0.15) is 0 Å². The molecule has 1 atom stereocenters. The Morgan fingerprint density at radius 2 is 1.91 bits per heavy atom. The van der Waals surface area contributed by atoms with Gasteiger partial charge in [-0.3, -0.25) is 0 Å². The van der Waals surface area contributed by atoms with Gasteiger partial charge in [-0.15, -0.1) is 0 Å². The summed E-state index contributed by atoms with van der Waals surface area (Å²) in [5, 5.41) is 3.68. The molecule has 0 radical (unpaired) electrons. The van der Waals surface area contributed by atoms with Crippen LogP contribution >= 0.6 is 0 Å². The van der Waals surface area contributed by atoms with Gasteiger partial charge in [0.05, 0.1) is 14.2 Å². The predicted octanol–water partition coefficient (Wildman–Crippen LogP) is 3.87. The van der Waals surface area contributed by atoms with E-state index >= 15 is 0 Å². The van der Waals surface area contributed by atoms with Crippen molar-refractivity contribution >= 4 is 0 Å². The van der Waals surface area contributed by atoms with Crippen LogP contribution in [0.4, 0.5) is 0 Å². The van der Waals surface area contributed by atoms with Crippen LogP contribution in [0.15, 0.2) is 42.5 Å². The highest BCUT2D eigenvalue weighted by atomic mass is 16.5. The molecular formula is C19H23NO2. The largest absolute Gasteiger partial charge is 0.493 e. The molecule has 0 aromatic heterocycles. The van der Waals surface area contributed by atoms with Gasteiger partial charge in [0, 0.05) is 18.2 Å². The van der Waals surface area contributed by atoms with Gasteiger partial charge in [-0.2, -0.15) is 0 Å². The Hall–Kier alpha value is -2.00. The van der Waals surface area contributed by atoms with Gasteiger partial charge in [-0.05, 0) is 36.5 Å². The maximum absolute atomic E-state index is 5.51. The SMILES string of the molecule is COc1cccc(CN[C@@H]2CCCc3ccccc32)c1OC. The number of nitrogens with one attached hydrogen (secondary N) is 1. The van der Waals surface area contributed by atoms with Crippen molar-refractivity contribution in [3.05, 3.63) is 59.2 Å². The number of aryl methyl sites for hydroxylation is 1. The average Bonchev–Trinajstić information content (AvgIpc) is 2.59. The van der Waals surface area contributed by atoms with Gasteiger partial charge in [0.15, 0.2) is 11.5 Å². The Bertz CT molecular complexity index is 639. The van der Waals surface area contributed by atoms with Gasteiger partial charge in [0.25, 0.3) is 0 Å². The van der Waals surface area contributed by atoms with Crippen LogP contribution < -0.4 is 14.8 Å². The molecule has 1 aliphatic rings. The first-order valence-corrected chi connectivity index (χ1v) is 7.84. The third kappa shape index (κ3) is 2.95. The molecule has 0 saturated heterocycles. The van der Waals surface area contributed by atoms with E-state index in [1.807, 2.05) is 12.1 Å². The lowest BCUT2D eigenvalue weighted by Gasteiger charge is -2.27. The van der Waals surface area contributed by atoms with Crippen LogP contribution in [-0.2, 0) is 13.0 Å². The van der Waals surface area contributed by atoms with Crippen molar-refractivity contribution < 1.29 is 9.47 Å². The molecule has 0 unspecified atom stereocenters. The van der Waals surface area contributed by atoms with E-state index in [0.717, 1.165) is 23.6 Å². The summed E-state index contributed by atoms with van der Waals surface area (Å²) in [7, 11) is 3.36. The molecule has 3 heteroatoms. The molecule has 116 valence electrons. The number of para-hydroxylation sites is 1. The molecule has 3 nitrogen and oxygen atoms in total. The van der Waals surface area contributed by atoms with E-state index < -0.39 is 0 Å². The zero-order valence-corrected chi connectivity index (χ0v) is 13.3. The van der Waals surface area contributed by atoms with Crippen molar-refractivity contribution in [3.63, 3.8) is 0 Å². The Morgan fingerprint density at radius 1 is 1.05 bits per heavy atom. The van der Waals surface area contributed by atoms with Crippen molar-refractivity contribution in [1.82, 2.24) is 5.32 Å². The van der Waals surface area contributed by atoms with Crippen molar-refractivity contribution in [2.75, 3.05) is 14.2 Å². The Morgan fingerprint density at radius 3 is 2.73 bits per heavy atom. The van der Waals surface area contributed by atoms with Crippen LogP contribution in [-0.4, -0.2) is 14.2 Å². The van der Waals surface area contributed by atoms with Crippen LogP contribution in [0.2, 0.25) is 0 Å². The fourth-order valence-corrected chi connectivity index (χ4v) is 3.29. The normalized spacial score (nSPS) is 16.9. The first-order valence-electron chi connectivity index (χ1n) is 7.84. The first kappa shape index (κ1) is 14.9. The number of hydrogen-bond donors (Lipinski definition) is 1. The van der Waals surface area contributed by atoms with Crippen LogP contribution in [0.1, 0.15) is 35.6 Å². The molecule has 0 fully saturated rings. The van der Waals surface area contributed by atoms with Crippen molar-refractivity contribution in [2.45, 2.75) is 31.8 Å². The summed E-state index contributed by atoms with van der Waals surface area (Å²) >= 11 is 0. The molecule has 0 spiro atoms. The summed E-state index contributed by atoms with van der Waals surface area (Å²) in [5.74, 6) is 1.60. The molecule has 0 amide bonds. The Kier molecular flexibility index (Phi) is 4.64. The molecule has 0 heterocycles. The molecule has 0 aliphatic heterocycles. The molecule has 2 aromatic carbocycles. The maximum Gasteiger partial charge on any atom is 0.165 e. The molecule has 22 heavy (non-hydrogen) atoms. The van der Waals surface area contributed by atoms with Crippen LogP contribution in [0.3, 0.4) is 0 Å². The molecule has 0 saturated carbocycles. The molecule has 1 N–H and O–H groups in total. The van der Waals surface area contributed by atoms with E-state index in [2.05, 4.69) is 35.6 Å². The maximum atomic E-state index is 5.51. The Labute approximate surface area is 132 Å². The summed E-state index contributed by atoms with van der Waals surface area (Å²) in [5.41, 5.74) is 4.05. The molecule has 0 bridgehead atoms. The molecule has 3 rings (SSSR count). The molecule has 1 aliphatic carbocycles. The zero-order valence-electron chi connectivity index (χ0n) is 13.3. The highest BCUT2D eigenvalue weighted by molar-refractivity contribution is 5.46. The van der Waals surface area contributed by atoms with E-state index in [9.17, 15) is 0 Å². The summed E-state index contributed by atoms with van der Waals surface area (Å²) in [4.78, 5) is 0. The van der Waals surface area contributed by atoms with Gasteiger partial charge >= 0.3 is 0 Å². The summed E-state index contributed by atoms with van der Waals surface area (Å²) in [6.45, 7) is 0.777. The van der Waals surface area contributed by atoms with Crippen LogP contribution in [0, 0.1) is 0 Å².